The largest absolute Gasteiger partial charge is 0.459 e. The van der Waals surface area contributed by atoms with Crippen LogP contribution in [0.15, 0.2) is 12.7 Å². The van der Waals surface area contributed by atoms with Crippen molar-refractivity contribution in [3.63, 3.8) is 0 Å². The average molecular weight is 216 g/mol. The van der Waals surface area contributed by atoms with Crippen LogP contribution in [-0.4, -0.2) is 24.9 Å². The van der Waals surface area contributed by atoms with Crippen LogP contribution in [0.2, 0.25) is 0 Å². The molecule has 0 aromatic carbocycles. The van der Waals surface area contributed by atoms with Crippen molar-refractivity contribution in [1.29, 1.82) is 0 Å². The van der Waals surface area contributed by atoms with E-state index in [2.05, 4.69) is 34.0 Å². The van der Waals surface area contributed by atoms with Gasteiger partial charge in [-0.3, -0.25) is 0 Å². The van der Waals surface area contributed by atoms with E-state index < -0.39 is 0 Å². The molecule has 0 saturated heterocycles. The van der Waals surface area contributed by atoms with E-state index in [1.54, 1.807) is 0 Å². The normalized spacial score (nSPS) is 14.3. The van der Waals surface area contributed by atoms with E-state index >= 15 is 0 Å². The fourth-order valence-electron chi connectivity index (χ4n) is 1.28. The first-order valence-electron chi connectivity index (χ1n) is 4.86. The van der Waals surface area contributed by atoms with E-state index in [1.807, 2.05) is 0 Å². The van der Waals surface area contributed by atoms with Gasteiger partial charge in [0.15, 0.2) is 0 Å². The number of rotatable bonds is 5. The van der Waals surface area contributed by atoms with Crippen LogP contribution >= 0.6 is 8.58 Å². The van der Waals surface area contributed by atoms with E-state index in [4.69, 9.17) is 4.74 Å². The molecule has 0 aromatic heterocycles. The van der Waals surface area contributed by atoms with Gasteiger partial charge in [0.2, 0.25) is 0 Å². The first-order valence-corrected chi connectivity index (χ1v) is 6.57. The smallest absolute Gasteiger partial charge is 0.330 e. The summed E-state index contributed by atoms with van der Waals surface area (Å²) in [6, 6.07) is 0. The maximum atomic E-state index is 11.0. The third-order valence-electron chi connectivity index (χ3n) is 1.72. The van der Waals surface area contributed by atoms with Gasteiger partial charge >= 0.3 is 5.97 Å². The van der Waals surface area contributed by atoms with Gasteiger partial charge in [-0.05, 0) is 18.5 Å². The van der Waals surface area contributed by atoms with Gasteiger partial charge in [-0.15, -0.1) is 8.58 Å². The Hall–Kier alpha value is -0.360. The number of carbonyl (C=O) groups is 1. The molecule has 14 heavy (non-hydrogen) atoms. The van der Waals surface area contributed by atoms with Crippen LogP contribution in [0.3, 0.4) is 0 Å². The van der Waals surface area contributed by atoms with Crippen LogP contribution in [0.5, 0.6) is 0 Å². The predicted octanol–water partition coefficient (Wildman–Crippen LogP) is 2.83. The number of carbonyl (C=O) groups excluding carboxylic acids is 1. The lowest BCUT2D eigenvalue weighted by molar-refractivity contribution is -0.143. The van der Waals surface area contributed by atoms with Gasteiger partial charge in [-0.2, -0.15) is 0 Å². The highest BCUT2D eigenvalue weighted by atomic mass is 31.1. The monoisotopic (exact) mass is 216 g/mol. The first-order chi connectivity index (χ1) is 6.39. The number of esters is 1. The molecule has 0 aliphatic rings. The fourth-order valence-corrected chi connectivity index (χ4v) is 1.96. The molecular weight excluding hydrogens is 195 g/mol. The minimum Gasteiger partial charge on any atom is -0.459 e. The van der Waals surface area contributed by atoms with Crippen molar-refractivity contribution in [2.45, 2.75) is 33.3 Å². The predicted molar refractivity (Wildman–Crippen MR) is 63.3 cm³/mol. The molecule has 0 heterocycles. The van der Waals surface area contributed by atoms with Gasteiger partial charge in [0, 0.05) is 12.2 Å². The second-order valence-corrected chi connectivity index (χ2v) is 5.70. The highest BCUT2D eigenvalue weighted by Gasteiger charge is 2.20. The second-order valence-electron chi connectivity index (χ2n) is 4.59. The fraction of sp³-hybridized carbons (Fsp3) is 0.727. The summed E-state index contributed by atoms with van der Waals surface area (Å²) in [6.45, 7) is 12.0. The molecule has 0 saturated carbocycles. The average Bonchev–Trinajstić information content (AvgIpc) is 2.01. The van der Waals surface area contributed by atoms with Crippen molar-refractivity contribution in [3.8, 4) is 0 Å². The molecular formula is C11H21O2P. The SMILES string of the molecule is C=CC(=O)OC(CPC)CC(C)(C)C. The Morgan fingerprint density at radius 3 is 2.50 bits per heavy atom. The van der Waals surface area contributed by atoms with Gasteiger partial charge in [-0.1, -0.05) is 27.4 Å². The highest BCUT2D eigenvalue weighted by Crippen LogP contribution is 2.25. The molecule has 0 aromatic rings. The molecule has 0 fully saturated rings. The summed E-state index contributed by atoms with van der Waals surface area (Å²) in [4.78, 5) is 11.0. The molecule has 0 amide bonds. The number of hydrogen-bond donors (Lipinski definition) is 0. The van der Waals surface area contributed by atoms with Gasteiger partial charge in [0.25, 0.3) is 0 Å². The number of hydrogen-bond acceptors (Lipinski definition) is 2. The Morgan fingerprint density at radius 2 is 2.14 bits per heavy atom. The number of ether oxygens (including phenoxy) is 1. The summed E-state index contributed by atoms with van der Waals surface area (Å²) >= 11 is 0. The van der Waals surface area contributed by atoms with Crippen LogP contribution in [0.25, 0.3) is 0 Å². The standard InChI is InChI=1S/C11H21O2P/c1-6-10(12)13-9(8-14-5)7-11(2,3)4/h6,9,14H,1,7-8H2,2-5H3. The van der Waals surface area contributed by atoms with E-state index in [0.717, 1.165) is 21.2 Å². The molecule has 2 nitrogen and oxygen atoms in total. The van der Waals surface area contributed by atoms with Gasteiger partial charge < -0.3 is 4.74 Å². The van der Waals surface area contributed by atoms with Crippen molar-refractivity contribution in [1.82, 2.24) is 0 Å². The quantitative estimate of drug-likeness (QED) is 0.401. The molecule has 0 bridgehead atoms. The van der Waals surface area contributed by atoms with Crippen LogP contribution in [-0.2, 0) is 9.53 Å². The maximum Gasteiger partial charge on any atom is 0.330 e. The Labute approximate surface area is 88.9 Å². The van der Waals surface area contributed by atoms with Gasteiger partial charge in [0.1, 0.15) is 6.10 Å². The van der Waals surface area contributed by atoms with E-state index in [9.17, 15) is 4.79 Å². The zero-order valence-electron chi connectivity index (χ0n) is 9.59. The Kier molecular flexibility index (Phi) is 6.03. The van der Waals surface area contributed by atoms with Crippen LogP contribution in [0.1, 0.15) is 27.2 Å². The highest BCUT2D eigenvalue weighted by molar-refractivity contribution is 7.37. The van der Waals surface area contributed by atoms with E-state index in [-0.39, 0.29) is 17.5 Å². The van der Waals surface area contributed by atoms with Crippen molar-refractivity contribution in [2.75, 3.05) is 12.8 Å². The summed E-state index contributed by atoms with van der Waals surface area (Å²) in [5, 5.41) is 0. The summed E-state index contributed by atoms with van der Waals surface area (Å²) < 4.78 is 5.27. The van der Waals surface area contributed by atoms with Gasteiger partial charge in [0.05, 0.1) is 0 Å². The summed E-state index contributed by atoms with van der Waals surface area (Å²) in [5.74, 6) is -0.308. The Bertz CT molecular complexity index is 194. The molecule has 82 valence electrons. The van der Waals surface area contributed by atoms with Crippen LogP contribution < -0.4 is 0 Å². The first kappa shape index (κ1) is 13.6. The Balaban J connectivity index is 4.15. The van der Waals surface area contributed by atoms with Crippen molar-refractivity contribution >= 4 is 14.6 Å². The molecule has 0 N–H and O–H groups in total. The lowest BCUT2D eigenvalue weighted by Gasteiger charge is -2.25. The molecule has 0 rings (SSSR count). The minimum absolute atomic E-state index is 0.0452. The third kappa shape index (κ3) is 7.08. The summed E-state index contributed by atoms with van der Waals surface area (Å²) in [6.07, 6.45) is 3.14. The topological polar surface area (TPSA) is 26.3 Å². The van der Waals surface area contributed by atoms with Crippen molar-refractivity contribution in [2.24, 2.45) is 5.41 Å². The second kappa shape index (κ2) is 6.19. The lowest BCUT2D eigenvalue weighted by atomic mass is 9.90. The minimum atomic E-state index is -0.308. The molecule has 0 radical (unpaired) electrons. The maximum absolute atomic E-state index is 11.0. The zero-order valence-corrected chi connectivity index (χ0v) is 10.6. The molecule has 3 heteroatoms. The summed E-state index contributed by atoms with van der Waals surface area (Å²) in [5.41, 5.74) is 0.200. The van der Waals surface area contributed by atoms with Crippen LogP contribution in [0.4, 0.5) is 0 Å². The molecule has 2 unspecified atom stereocenters. The molecule has 0 aliphatic heterocycles. The molecule has 0 aliphatic carbocycles. The Morgan fingerprint density at radius 1 is 1.57 bits per heavy atom. The van der Waals surface area contributed by atoms with Crippen molar-refractivity contribution < 1.29 is 9.53 Å². The lowest BCUT2D eigenvalue weighted by Crippen LogP contribution is -2.25. The molecule has 0 spiro atoms. The summed E-state index contributed by atoms with van der Waals surface area (Å²) in [7, 11) is 0.813. The van der Waals surface area contributed by atoms with Crippen molar-refractivity contribution in [3.05, 3.63) is 12.7 Å². The van der Waals surface area contributed by atoms with E-state index in [1.165, 1.54) is 6.08 Å². The third-order valence-corrected chi connectivity index (χ3v) is 2.58. The molecule has 2 atom stereocenters. The van der Waals surface area contributed by atoms with Gasteiger partial charge in [-0.25, -0.2) is 4.79 Å². The van der Waals surface area contributed by atoms with E-state index in [0.29, 0.717) is 0 Å². The van der Waals surface area contributed by atoms with Crippen LogP contribution in [0, 0.1) is 5.41 Å². The zero-order chi connectivity index (χ0) is 11.2.